The third kappa shape index (κ3) is 5.21. The van der Waals surface area contributed by atoms with Crippen LogP contribution in [0, 0.1) is 17.2 Å². The third-order valence-electron chi connectivity index (χ3n) is 5.14. The first-order chi connectivity index (χ1) is 13.5. The van der Waals surface area contributed by atoms with Crippen molar-refractivity contribution in [2.45, 2.75) is 37.5 Å². The molecule has 0 saturated carbocycles. The summed E-state index contributed by atoms with van der Waals surface area (Å²) in [5.74, 6) is -0.250. The number of carbonyl (C=O) groups excluding carboxylic acids is 1. The van der Waals surface area contributed by atoms with Crippen molar-refractivity contribution in [1.82, 2.24) is 4.90 Å². The van der Waals surface area contributed by atoms with Gasteiger partial charge in [0.2, 0.25) is 15.7 Å². The van der Waals surface area contributed by atoms with E-state index in [4.69, 9.17) is 5.26 Å². The first kappa shape index (κ1) is 22.6. The molecule has 1 aliphatic carbocycles. The second kappa shape index (κ2) is 8.75. The Bertz CT molecular complexity index is 1010. The molecule has 1 aromatic rings. The summed E-state index contributed by atoms with van der Waals surface area (Å²) in [6, 6.07) is 7.74. The van der Waals surface area contributed by atoms with E-state index in [0.29, 0.717) is 18.5 Å². The number of hydrogen-bond donors (Lipinski definition) is 0. The molecule has 154 valence electrons. The number of sulfone groups is 1. The van der Waals surface area contributed by atoms with Gasteiger partial charge < -0.3 is 4.90 Å². The monoisotopic (exact) mass is 416 g/mol. The van der Waals surface area contributed by atoms with Gasteiger partial charge in [0.25, 0.3) is 0 Å². The summed E-state index contributed by atoms with van der Waals surface area (Å²) in [5, 5.41) is 9.37. The first-order valence-corrected chi connectivity index (χ1v) is 10.8. The van der Waals surface area contributed by atoms with Crippen LogP contribution in [0.5, 0.6) is 0 Å². The maximum Gasteiger partial charge on any atom is 0.232 e. The lowest BCUT2D eigenvalue weighted by Crippen LogP contribution is -2.42. The number of nitrogens with zero attached hydrogens (tertiary/aromatic N) is 2. The van der Waals surface area contributed by atoms with Crippen molar-refractivity contribution in [2.24, 2.45) is 5.92 Å². The van der Waals surface area contributed by atoms with Crippen molar-refractivity contribution in [2.75, 3.05) is 13.6 Å². The lowest BCUT2D eigenvalue weighted by molar-refractivity contribution is -0.134. The summed E-state index contributed by atoms with van der Waals surface area (Å²) in [4.78, 5) is 14.7. The van der Waals surface area contributed by atoms with E-state index >= 15 is 0 Å². The number of amides is 1. The predicted molar refractivity (Wildman–Crippen MR) is 110 cm³/mol. The lowest BCUT2D eigenvalue weighted by Gasteiger charge is -2.32. The van der Waals surface area contributed by atoms with E-state index in [1.807, 2.05) is 6.92 Å². The van der Waals surface area contributed by atoms with Gasteiger partial charge in [0, 0.05) is 31.5 Å². The average molecular weight is 417 g/mol. The lowest BCUT2D eigenvalue weighted by atomic mass is 9.83. The number of hydrogen-bond acceptors (Lipinski definition) is 4. The molecule has 2 rings (SSSR count). The maximum absolute atomic E-state index is 13.4. The van der Waals surface area contributed by atoms with Crippen LogP contribution in [0.15, 0.2) is 64.2 Å². The minimum absolute atomic E-state index is 0.0318. The highest BCUT2D eigenvalue weighted by Gasteiger charge is 2.33. The molecular weight excluding hydrogens is 391 g/mol. The maximum atomic E-state index is 13.4. The quantitative estimate of drug-likeness (QED) is 0.656. The van der Waals surface area contributed by atoms with Crippen LogP contribution in [-0.2, 0) is 20.0 Å². The number of halogens is 1. The van der Waals surface area contributed by atoms with Crippen molar-refractivity contribution in [1.29, 1.82) is 5.26 Å². The number of likely N-dealkylation sites (N-methyl/N-ethyl adjacent to an activating group) is 1. The van der Waals surface area contributed by atoms with Gasteiger partial charge in [-0.2, -0.15) is 5.26 Å². The predicted octanol–water partition coefficient (Wildman–Crippen LogP) is 4.05. The highest BCUT2D eigenvalue weighted by atomic mass is 32.2. The summed E-state index contributed by atoms with van der Waals surface area (Å²) in [6.07, 6.45) is 4.43. The Kier molecular flexibility index (Phi) is 6.81. The van der Waals surface area contributed by atoms with Gasteiger partial charge in [0.1, 0.15) is 5.83 Å². The Morgan fingerprint density at radius 3 is 2.48 bits per heavy atom. The van der Waals surface area contributed by atoms with E-state index < -0.39 is 15.3 Å². The van der Waals surface area contributed by atoms with E-state index in [-0.39, 0.29) is 22.5 Å². The van der Waals surface area contributed by atoms with Crippen LogP contribution in [0.3, 0.4) is 0 Å². The topological polar surface area (TPSA) is 78.2 Å². The molecule has 29 heavy (non-hydrogen) atoms. The molecule has 0 aliphatic heterocycles. The summed E-state index contributed by atoms with van der Waals surface area (Å²) in [5.41, 5.74) is 0.789. The Morgan fingerprint density at radius 1 is 1.31 bits per heavy atom. The van der Waals surface area contributed by atoms with Crippen LogP contribution in [0.4, 0.5) is 4.39 Å². The molecule has 0 heterocycles. The standard InChI is InChI=1S/C22H25FN2O3S/c1-16-14-19(23)9-6-17(16)15-25(4)21(26)22(2,3)18-7-10-20(11-8-18)29(27,28)13-5-12-24/h5-11,13,16H,14-15H2,1-4H3. The molecule has 0 bridgehead atoms. The van der Waals surface area contributed by atoms with Crippen molar-refractivity contribution in [3.63, 3.8) is 0 Å². The summed E-state index contributed by atoms with van der Waals surface area (Å²) in [6.45, 7) is 5.90. The zero-order valence-electron chi connectivity index (χ0n) is 17.0. The smallest absolute Gasteiger partial charge is 0.232 e. The zero-order chi connectivity index (χ0) is 21.8. The molecule has 0 fully saturated rings. The van der Waals surface area contributed by atoms with Crippen LogP contribution in [0.2, 0.25) is 0 Å². The van der Waals surface area contributed by atoms with Crippen LogP contribution >= 0.6 is 0 Å². The molecule has 0 spiro atoms. The average Bonchev–Trinajstić information content (AvgIpc) is 2.68. The molecule has 1 aromatic carbocycles. The number of rotatable bonds is 6. The molecule has 1 atom stereocenters. The van der Waals surface area contributed by atoms with Gasteiger partial charge >= 0.3 is 0 Å². The SMILES string of the molecule is CC1CC(F)=CC=C1CN(C)C(=O)C(C)(C)c1ccc(S(=O)(=O)C=CC#N)cc1. The van der Waals surface area contributed by atoms with Crippen LogP contribution < -0.4 is 0 Å². The first-order valence-electron chi connectivity index (χ1n) is 9.21. The number of carbonyl (C=O) groups is 1. The Morgan fingerprint density at radius 2 is 1.93 bits per heavy atom. The van der Waals surface area contributed by atoms with E-state index in [0.717, 1.165) is 17.1 Å². The van der Waals surface area contributed by atoms with Gasteiger partial charge in [-0.3, -0.25) is 4.79 Å². The van der Waals surface area contributed by atoms with Crippen molar-refractivity contribution in [3.8, 4) is 6.07 Å². The molecule has 0 saturated heterocycles. The van der Waals surface area contributed by atoms with Gasteiger partial charge in [-0.05, 0) is 49.1 Å². The second-order valence-electron chi connectivity index (χ2n) is 7.75. The molecule has 1 unspecified atom stereocenters. The van der Waals surface area contributed by atoms with E-state index in [1.54, 1.807) is 50.1 Å². The van der Waals surface area contributed by atoms with Gasteiger partial charge in [-0.15, -0.1) is 0 Å². The molecule has 0 aromatic heterocycles. The molecule has 5 nitrogen and oxygen atoms in total. The van der Waals surface area contributed by atoms with E-state index in [1.165, 1.54) is 18.2 Å². The molecule has 1 amide bonds. The fourth-order valence-corrected chi connectivity index (χ4v) is 4.18. The van der Waals surface area contributed by atoms with Gasteiger partial charge in [0.05, 0.1) is 16.4 Å². The van der Waals surface area contributed by atoms with Gasteiger partial charge in [-0.25, -0.2) is 12.8 Å². The molecule has 0 N–H and O–H groups in total. The fourth-order valence-electron chi connectivity index (χ4n) is 3.27. The Balaban J connectivity index is 2.20. The van der Waals surface area contributed by atoms with Crippen molar-refractivity contribution >= 4 is 15.7 Å². The molecule has 7 heteroatoms. The normalized spacial score (nSPS) is 17.4. The second-order valence-corrected chi connectivity index (χ2v) is 9.58. The summed E-state index contributed by atoms with van der Waals surface area (Å²) in [7, 11) is -1.99. The summed E-state index contributed by atoms with van der Waals surface area (Å²) >= 11 is 0. The highest BCUT2D eigenvalue weighted by Crippen LogP contribution is 2.30. The van der Waals surface area contributed by atoms with Gasteiger partial charge in [0.15, 0.2) is 0 Å². The van der Waals surface area contributed by atoms with Crippen LogP contribution in [-0.4, -0.2) is 32.8 Å². The molecule has 0 radical (unpaired) electrons. The molecular formula is C22H25FN2O3S. The van der Waals surface area contributed by atoms with E-state index in [9.17, 15) is 17.6 Å². The largest absolute Gasteiger partial charge is 0.341 e. The van der Waals surface area contributed by atoms with E-state index in [2.05, 4.69) is 0 Å². The van der Waals surface area contributed by atoms with Crippen molar-refractivity contribution in [3.05, 3.63) is 64.9 Å². The number of nitriles is 1. The van der Waals surface area contributed by atoms with Gasteiger partial charge in [-0.1, -0.05) is 25.1 Å². The van der Waals surface area contributed by atoms with Crippen LogP contribution in [0.1, 0.15) is 32.8 Å². The highest BCUT2D eigenvalue weighted by molar-refractivity contribution is 7.94. The van der Waals surface area contributed by atoms with Crippen molar-refractivity contribution < 1.29 is 17.6 Å². The summed E-state index contributed by atoms with van der Waals surface area (Å²) < 4.78 is 37.6. The third-order valence-corrected chi connectivity index (χ3v) is 6.56. The zero-order valence-corrected chi connectivity index (χ0v) is 17.8. The molecule has 1 aliphatic rings. The minimum Gasteiger partial charge on any atom is -0.341 e. The fraction of sp³-hybridized carbons (Fsp3) is 0.364. The number of benzene rings is 1. The minimum atomic E-state index is -3.69. The Hall–Kier alpha value is -2.72. The van der Waals surface area contributed by atoms with Crippen LogP contribution in [0.25, 0.3) is 0 Å². The Labute approximate surface area is 171 Å². The number of allylic oxidation sites excluding steroid dienone is 4.